The van der Waals surface area contributed by atoms with Crippen LogP contribution in [0.25, 0.3) is 0 Å². The fraction of sp³-hybridized carbons (Fsp3) is 0.250. The van der Waals surface area contributed by atoms with E-state index < -0.39 is 4.92 Å². The first-order valence-corrected chi connectivity index (χ1v) is 9.32. The highest BCUT2D eigenvalue weighted by Gasteiger charge is 2.40. The number of non-ortho nitro benzene ring substituents is 1. The van der Waals surface area contributed by atoms with Crippen LogP contribution < -0.4 is 10.1 Å². The predicted octanol–water partition coefficient (Wildman–Crippen LogP) is 5.06. The lowest BCUT2D eigenvalue weighted by Gasteiger charge is -2.38. The van der Waals surface area contributed by atoms with E-state index in [4.69, 9.17) is 4.74 Å². The molecule has 0 aromatic heterocycles. The molecule has 0 fully saturated rings. The second-order valence-corrected chi connectivity index (χ2v) is 7.60. The van der Waals surface area contributed by atoms with E-state index in [1.807, 2.05) is 18.2 Å². The average molecular weight is 426 g/mol. The van der Waals surface area contributed by atoms with Crippen molar-refractivity contribution >= 4 is 27.3 Å². The molecule has 4 rings (SSSR count). The number of rotatable bonds is 3. The molecular formula is C20H16BrN3O3. The Morgan fingerprint density at radius 1 is 1.33 bits per heavy atom. The van der Waals surface area contributed by atoms with Gasteiger partial charge >= 0.3 is 0 Å². The zero-order valence-electron chi connectivity index (χ0n) is 14.5. The fourth-order valence-electron chi connectivity index (χ4n) is 4.13. The summed E-state index contributed by atoms with van der Waals surface area (Å²) in [6.45, 7) is 0. The molecule has 27 heavy (non-hydrogen) atoms. The van der Waals surface area contributed by atoms with Crippen molar-refractivity contribution in [1.82, 2.24) is 0 Å². The van der Waals surface area contributed by atoms with E-state index in [0.717, 1.165) is 27.8 Å². The Morgan fingerprint density at radius 3 is 2.85 bits per heavy atom. The first-order chi connectivity index (χ1) is 13.0. The van der Waals surface area contributed by atoms with Gasteiger partial charge in [-0.25, -0.2) is 0 Å². The van der Waals surface area contributed by atoms with E-state index in [1.54, 1.807) is 13.2 Å². The second kappa shape index (κ2) is 6.71. The quantitative estimate of drug-likeness (QED) is 0.421. The van der Waals surface area contributed by atoms with Crippen LogP contribution >= 0.6 is 15.9 Å². The van der Waals surface area contributed by atoms with Gasteiger partial charge in [-0.1, -0.05) is 28.1 Å². The molecule has 1 N–H and O–H groups in total. The van der Waals surface area contributed by atoms with E-state index in [9.17, 15) is 15.4 Å². The number of nitrogens with one attached hydrogen (secondary N) is 1. The van der Waals surface area contributed by atoms with E-state index in [1.165, 1.54) is 6.07 Å². The third-order valence-corrected chi connectivity index (χ3v) is 5.80. The number of nitrogens with zero attached hydrogens (tertiary/aromatic N) is 2. The maximum atomic E-state index is 11.3. The van der Waals surface area contributed by atoms with Crippen LogP contribution in [-0.2, 0) is 0 Å². The molecule has 7 heteroatoms. The highest BCUT2D eigenvalue weighted by molar-refractivity contribution is 9.10. The van der Waals surface area contributed by atoms with Gasteiger partial charge in [0.2, 0.25) is 0 Å². The van der Waals surface area contributed by atoms with Gasteiger partial charge in [-0.05, 0) is 36.1 Å². The zero-order valence-corrected chi connectivity index (χ0v) is 16.1. The molecule has 0 radical (unpaired) electrons. The lowest BCUT2D eigenvalue weighted by atomic mass is 9.76. The SMILES string of the molecule is COc1ccc(Br)cc1[C@@H]1Nc2c(C#N)cc([N+](=O)[O-])cc2[C@@H]2C=CC[C@@H]21. The Bertz CT molecular complexity index is 1010. The van der Waals surface area contributed by atoms with Crippen LogP contribution in [0.4, 0.5) is 11.4 Å². The van der Waals surface area contributed by atoms with Gasteiger partial charge in [-0.3, -0.25) is 10.1 Å². The zero-order chi connectivity index (χ0) is 19.1. The highest BCUT2D eigenvalue weighted by atomic mass is 79.9. The van der Waals surface area contributed by atoms with Crippen LogP contribution in [0, 0.1) is 27.4 Å². The molecule has 0 saturated carbocycles. The summed E-state index contributed by atoms with van der Waals surface area (Å²) in [4.78, 5) is 10.8. The molecule has 136 valence electrons. The molecular weight excluding hydrogens is 410 g/mol. The van der Waals surface area contributed by atoms with Crippen molar-refractivity contribution in [2.24, 2.45) is 5.92 Å². The Balaban J connectivity index is 1.89. The van der Waals surface area contributed by atoms with E-state index in [2.05, 4.69) is 39.5 Å². The minimum absolute atomic E-state index is 0.0157. The number of nitro groups is 1. The highest BCUT2D eigenvalue weighted by Crippen LogP contribution is 2.52. The molecule has 0 unspecified atom stereocenters. The van der Waals surface area contributed by atoms with Gasteiger partial charge in [0.05, 0.1) is 29.3 Å². The topological polar surface area (TPSA) is 88.2 Å². The predicted molar refractivity (Wildman–Crippen MR) is 105 cm³/mol. The van der Waals surface area contributed by atoms with E-state index in [0.29, 0.717) is 5.69 Å². The minimum atomic E-state index is -0.446. The van der Waals surface area contributed by atoms with Crippen molar-refractivity contribution in [2.45, 2.75) is 18.4 Å². The van der Waals surface area contributed by atoms with E-state index in [-0.39, 0.29) is 29.1 Å². The summed E-state index contributed by atoms with van der Waals surface area (Å²) in [5.74, 6) is 0.974. The summed E-state index contributed by atoms with van der Waals surface area (Å²) in [7, 11) is 1.64. The van der Waals surface area contributed by atoms with Crippen LogP contribution in [0.2, 0.25) is 0 Å². The third kappa shape index (κ3) is 2.86. The standard InChI is InChI=1S/C20H16BrN3O3/c1-27-18-6-5-12(21)8-17(18)20-15-4-2-3-14(15)16-9-13(24(25)26)7-11(10-22)19(16)23-20/h2-3,5-9,14-15,20,23H,4H2,1H3/t14-,15+,20-/m1/s1. The van der Waals surface area contributed by atoms with Gasteiger partial charge in [0.1, 0.15) is 11.8 Å². The van der Waals surface area contributed by atoms with Crippen molar-refractivity contribution in [2.75, 3.05) is 12.4 Å². The molecule has 2 aliphatic rings. The van der Waals surface area contributed by atoms with Crippen molar-refractivity contribution in [3.63, 3.8) is 0 Å². The van der Waals surface area contributed by atoms with Gasteiger partial charge in [0.25, 0.3) is 5.69 Å². The number of allylic oxidation sites excluding steroid dienone is 2. The smallest absolute Gasteiger partial charge is 0.271 e. The van der Waals surface area contributed by atoms with E-state index >= 15 is 0 Å². The summed E-state index contributed by atoms with van der Waals surface area (Å²) >= 11 is 3.52. The molecule has 6 nitrogen and oxygen atoms in total. The molecule has 3 atom stereocenters. The normalized spacial score (nSPS) is 22.3. The number of nitro benzene ring substituents is 1. The lowest BCUT2D eigenvalue weighted by Crippen LogP contribution is -2.30. The number of methoxy groups -OCH3 is 1. The number of fused-ring (bicyclic) bond motifs is 3. The number of hydrogen-bond donors (Lipinski definition) is 1. The van der Waals surface area contributed by atoms with Crippen molar-refractivity contribution in [3.8, 4) is 11.8 Å². The fourth-order valence-corrected chi connectivity index (χ4v) is 4.51. The van der Waals surface area contributed by atoms with Crippen LogP contribution in [0.5, 0.6) is 5.75 Å². The molecule has 0 amide bonds. The maximum absolute atomic E-state index is 11.3. The number of benzene rings is 2. The van der Waals surface area contributed by atoms with Crippen LogP contribution in [-0.4, -0.2) is 12.0 Å². The van der Waals surface area contributed by atoms with Gasteiger partial charge in [0.15, 0.2) is 0 Å². The summed E-state index contributed by atoms with van der Waals surface area (Å²) in [5.41, 5.74) is 2.72. The molecule has 2 aromatic carbocycles. The summed E-state index contributed by atoms with van der Waals surface area (Å²) in [6, 6.07) is 10.8. The molecule has 2 aromatic rings. The Hall–Kier alpha value is -2.85. The van der Waals surface area contributed by atoms with Crippen LogP contribution in [0.3, 0.4) is 0 Å². The largest absolute Gasteiger partial charge is 0.496 e. The number of ether oxygens (including phenoxy) is 1. The molecule has 1 aliphatic carbocycles. The van der Waals surface area contributed by atoms with Gasteiger partial charge in [-0.2, -0.15) is 5.26 Å². The Morgan fingerprint density at radius 2 is 2.15 bits per heavy atom. The van der Waals surface area contributed by atoms with Gasteiger partial charge < -0.3 is 10.1 Å². The molecule has 0 saturated heterocycles. The Labute approximate surface area is 164 Å². The first kappa shape index (κ1) is 17.6. The third-order valence-electron chi connectivity index (χ3n) is 5.31. The summed E-state index contributed by atoms with van der Waals surface area (Å²) < 4.78 is 6.50. The summed E-state index contributed by atoms with van der Waals surface area (Å²) in [6.07, 6.45) is 5.04. The minimum Gasteiger partial charge on any atom is -0.496 e. The van der Waals surface area contributed by atoms with Crippen molar-refractivity contribution in [3.05, 3.63) is 73.8 Å². The molecule has 1 heterocycles. The van der Waals surface area contributed by atoms with Gasteiger partial charge in [-0.15, -0.1) is 0 Å². The monoisotopic (exact) mass is 425 g/mol. The number of halogens is 1. The molecule has 0 bridgehead atoms. The lowest BCUT2D eigenvalue weighted by molar-refractivity contribution is -0.384. The average Bonchev–Trinajstić information content (AvgIpc) is 3.16. The Kier molecular flexibility index (Phi) is 4.36. The maximum Gasteiger partial charge on any atom is 0.271 e. The second-order valence-electron chi connectivity index (χ2n) is 6.69. The van der Waals surface area contributed by atoms with Crippen molar-refractivity contribution < 1.29 is 9.66 Å². The van der Waals surface area contributed by atoms with Crippen molar-refractivity contribution in [1.29, 1.82) is 5.26 Å². The summed E-state index contributed by atoms with van der Waals surface area (Å²) in [5, 5.41) is 24.4. The number of nitriles is 1. The van der Waals surface area contributed by atoms with Gasteiger partial charge in [0, 0.05) is 28.1 Å². The molecule has 1 aliphatic heterocycles. The van der Waals surface area contributed by atoms with Crippen LogP contribution in [0.15, 0.2) is 47.0 Å². The molecule has 0 spiro atoms. The number of anilines is 1. The van der Waals surface area contributed by atoms with Crippen LogP contribution in [0.1, 0.15) is 35.1 Å². The number of hydrogen-bond acceptors (Lipinski definition) is 5. The first-order valence-electron chi connectivity index (χ1n) is 8.52.